The van der Waals surface area contributed by atoms with E-state index in [9.17, 15) is 0 Å². The highest BCUT2D eigenvalue weighted by Gasteiger charge is 2.18. The summed E-state index contributed by atoms with van der Waals surface area (Å²) in [6, 6.07) is 0. The lowest BCUT2D eigenvalue weighted by atomic mass is 10.3. The fourth-order valence-corrected chi connectivity index (χ4v) is 1.22. The van der Waals surface area contributed by atoms with Gasteiger partial charge in [-0.05, 0) is 13.8 Å². The summed E-state index contributed by atoms with van der Waals surface area (Å²) in [6.07, 6.45) is 0.581. The Hall–Kier alpha value is -0.120. The highest BCUT2D eigenvalue weighted by Crippen LogP contribution is 2.05. The van der Waals surface area contributed by atoms with Crippen molar-refractivity contribution in [1.29, 1.82) is 0 Å². The van der Waals surface area contributed by atoms with Crippen LogP contribution in [0.2, 0.25) is 0 Å². The zero-order valence-electron chi connectivity index (χ0n) is 6.00. The van der Waals surface area contributed by atoms with Gasteiger partial charge in [-0.25, -0.2) is 5.01 Å². The summed E-state index contributed by atoms with van der Waals surface area (Å²) >= 11 is 0. The first kappa shape index (κ1) is 6.99. The van der Waals surface area contributed by atoms with Crippen LogP contribution in [-0.2, 0) is 4.74 Å². The lowest BCUT2D eigenvalue weighted by molar-refractivity contribution is -0.0684. The average Bonchev–Trinajstić information content (AvgIpc) is 1.59. The summed E-state index contributed by atoms with van der Waals surface area (Å²) in [5, 5.41) is 1.80. The maximum Gasteiger partial charge on any atom is 0.0692 e. The Kier molecular flexibility index (Phi) is 2.05. The van der Waals surface area contributed by atoms with E-state index in [1.807, 2.05) is 13.8 Å². The van der Waals surface area contributed by atoms with Crippen molar-refractivity contribution in [2.24, 2.45) is 5.84 Å². The van der Waals surface area contributed by atoms with Gasteiger partial charge in [0.25, 0.3) is 0 Å². The molecule has 1 aliphatic rings. The van der Waals surface area contributed by atoms with E-state index in [-0.39, 0.29) is 0 Å². The molecule has 54 valence electrons. The molecule has 1 fully saturated rings. The van der Waals surface area contributed by atoms with E-state index in [0.29, 0.717) is 12.2 Å². The fourth-order valence-electron chi connectivity index (χ4n) is 1.22. The van der Waals surface area contributed by atoms with Crippen molar-refractivity contribution >= 4 is 0 Å². The number of nitrogens with zero attached hydrogens (tertiary/aromatic N) is 1. The third-order valence-electron chi connectivity index (χ3n) is 1.45. The smallest absolute Gasteiger partial charge is 0.0692 e. The lowest BCUT2D eigenvalue weighted by Gasteiger charge is -2.31. The molecule has 0 saturated carbocycles. The first-order valence-electron chi connectivity index (χ1n) is 3.33. The lowest BCUT2D eigenvalue weighted by Crippen LogP contribution is -2.48. The monoisotopic (exact) mass is 130 g/mol. The van der Waals surface area contributed by atoms with Gasteiger partial charge in [-0.15, -0.1) is 0 Å². The largest absolute Gasteiger partial charge is 0.373 e. The van der Waals surface area contributed by atoms with Crippen molar-refractivity contribution in [2.45, 2.75) is 26.1 Å². The van der Waals surface area contributed by atoms with Gasteiger partial charge in [-0.1, -0.05) is 0 Å². The maximum atomic E-state index is 5.57. The number of hydrogen-bond donors (Lipinski definition) is 1. The van der Waals surface area contributed by atoms with E-state index in [1.54, 1.807) is 5.01 Å². The molecule has 0 spiro atoms. The molecule has 0 bridgehead atoms. The van der Waals surface area contributed by atoms with Crippen molar-refractivity contribution in [3.8, 4) is 0 Å². The molecular weight excluding hydrogens is 116 g/mol. The van der Waals surface area contributed by atoms with Crippen LogP contribution >= 0.6 is 0 Å². The first-order valence-corrected chi connectivity index (χ1v) is 3.33. The molecule has 0 amide bonds. The number of hydrogen-bond acceptors (Lipinski definition) is 3. The van der Waals surface area contributed by atoms with E-state index < -0.39 is 0 Å². The molecule has 0 radical (unpaired) electrons. The molecule has 1 rings (SSSR count). The number of hydrazine groups is 1. The second kappa shape index (κ2) is 2.64. The Morgan fingerprint density at radius 2 is 1.78 bits per heavy atom. The topological polar surface area (TPSA) is 38.5 Å². The third kappa shape index (κ3) is 1.93. The molecule has 1 saturated heterocycles. The van der Waals surface area contributed by atoms with Crippen LogP contribution in [0.3, 0.4) is 0 Å². The van der Waals surface area contributed by atoms with Gasteiger partial charge in [0.05, 0.1) is 12.2 Å². The maximum absolute atomic E-state index is 5.57. The van der Waals surface area contributed by atoms with Gasteiger partial charge in [0, 0.05) is 13.1 Å². The van der Waals surface area contributed by atoms with Crippen molar-refractivity contribution in [3.63, 3.8) is 0 Å². The van der Waals surface area contributed by atoms with Crippen LogP contribution in [-0.4, -0.2) is 30.3 Å². The fraction of sp³-hybridized carbons (Fsp3) is 1.00. The third-order valence-corrected chi connectivity index (χ3v) is 1.45. The standard InChI is InChI=1S/C6H14N2O/c1-5-3-8(7)4-6(2)9-5/h5-6H,3-4,7H2,1-2H3. The van der Waals surface area contributed by atoms with Crippen LogP contribution in [0, 0.1) is 0 Å². The van der Waals surface area contributed by atoms with Crippen LogP contribution in [0.5, 0.6) is 0 Å². The zero-order valence-corrected chi connectivity index (χ0v) is 6.00. The van der Waals surface area contributed by atoms with Crippen LogP contribution in [0.25, 0.3) is 0 Å². The first-order chi connectivity index (χ1) is 4.18. The Labute approximate surface area is 55.7 Å². The molecule has 2 N–H and O–H groups in total. The average molecular weight is 130 g/mol. The predicted octanol–water partition coefficient (Wildman–Crippen LogP) is -0.0307. The van der Waals surface area contributed by atoms with Crippen molar-refractivity contribution in [2.75, 3.05) is 13.1 Å². The second-order valence-electron chi connectivity index (χ2n) is 2.71. The molecule has 0 aromatic rings. The van der Waals surface area contributed by atoms with Crippen LogP contribution in [0.15, 0.2) is 0 Å². The Morgan fingerprint density at radius 1 is 1.33 bits per heavy atom. The zero-order chi connectivity index (χ0) is 6.85. The van der Waals surface area contributed by atoms with Crippen LogP contribution in [0.1, 0.15) is 13.8 Å². The van der Waals surface area contributed by atoms with Crippen LogP contribution < -0.4 is 5.84 Å². The van der Waals surface area contributed by atoms with Gasteiger partial charge in [0.1, 0.15) is 0 Å². The molecule has 1 heterocycles. The van der Waals surface area contributed by atoms with Crippen molar-refractivity contribution in [3.05, 3.63) is 0 Å². The van der Waals surface area contributed by atoms with Gasteiger partial charge in [-0.3, -0.25) is 5.84 Å². The van der Waals surface area contributed by atoms with Crippen molar-refractivity contribution < 1.29 is 4.74 Å². The summed E-state index contributed by atoms with van der Waals surface area (Å²) < 4.78 is 5.43. The van der Waals surface area contributed by atoms with E-state index in [1.165, 1.54) is 0 Å². The van der Waals surface area contributed by atoms with E-state index in [0.717, 1.165) is 13.1 Å². The molecule has 0 aromatic heterocycles. The van der Waals surface area contributed by atoms with Gasteiger partial charge < -0.3 is 4.74 Å². The minimum Gasteiger partial charge on any atom is -0.373 e. The summed E-state index contributed by atoms with van der Waals surface area (Å²) in [5.41, 5.74) is 0. The van der Waals surface area contributed by atoms with E-state index >= 15 is 0 Å². The van der Waals surface area contributed by atoms with Gasteiger partial charge >= 0.3 is 0 Å². The molecular formula is C6H14N2O. The van der Waals surface area contributed by atoms with Gasteiger partial charge in [-0.2, -0.15) is 0 Å². The predicted molar refractivity (Wildman–Crippen MR) is 35.8 cm³/mol. The highest BCUT2D eigenvalue weighted by atomic mass is 16.5. The Bertz CT molecular complexity index is 72.0. The van der Waals surface area contributed by atoms with E-state index in [2.05, 4.69) is 0 Å². The normalized spacial score (nSPS) is 39.0. The number of morpholine rings is 1. The van der Waals surface area contributed by atoms with Gasteiger partial charge in [0.15, 0.2) is 0 Å². The summed E-state index contributed by atoms with van der Waals surface area (Å²) in [7, 11) is 0. The highest BCUT2D eigenvalue weighted by molar-refractivity contribution is 4.67. The van der Waals surface area contributed by atoms with E-state index in [4.69, 9.17) is 10.6 Å². The molecule has 3 heteroatoms. The Morgan fingerprint density at radius 3 is 2.11 bits per heavy atom. The van der Waals surface area contributed by atoms with Crippen LogP contribution in [0.4, 0.5) is 0 Å². The van der Waals surface area contributed by atoms with Gasteiger partial charge in [0.2, 0.25) is 0 Å². The Balaban J connectivity index is 2.34. The molecule has 9 heavy (non-hydrogen) atoms. The molecule has 0 aromatic carbocycles. The quantitative estimate of drug-likeness (QED) is 0.468. The number of ether oxygens (including phenoxy) is 1. The molecule has 2 atom stereocenters. The molecule has 1 aliphatic heterocycles. The number of nitrogens with two attached hydrogens (primary N) is 1. The minimum absolute atomic E-state index is 0.291. The minimum atomic E-state index is 0.291. The molecule has 3 nitrogen and oxygen atoms in total. The SMILES string of the molecule is CC1CN(N)CC(C)O1. The molecule has 0 aliphatic carbocycles. The second-order valence-corrected chi connectivity index (χ2v) is 2.71. The number of rotatable bonds is 0. The van der Waals surface area contributed by atoms with Crippen molar-refractivity contribution in [1.82, 2.24) is 5.01 Å². The summed E-state index contributed by atoms with van der Waals surface area (Å²) in [6.45, 7) is 5.78. The summed E-state index contributed by atoms with van der Waals surface area (Å²) in [4.78, 5) is 0. The molecule has 2 unspecified atom stereocenters. The summed E-state index contributed by atoms with van der Waals surface area (Å²) in [5.74, 6) is 5.57.